The molecule has 1 atom stereocenters. The van der Waals surface area contributed by atoms with Crippen molar-refractivity contribution in [3.05, 3.63) is 65.4 Å². The summed E-state index contributed by atoms with van der Waals surface area (Å²) in [5, 5.41) is 17.2. The van der Waals surface area contributed by atoms with E-state index in [9.17, 15) is 14.7 Å². The maximum atomic E-state index is 13.3. The Balaban J connectivity index is 0.00000400. The molecule has 1 aliphatic carbocycles. The molecule has 12 nitrogen and oxygen atoms in total. The van der Waals surface area contributed by atoms with Crippen molar-refractivity contribution in [3.63, 3.8) is 0 Å². The summed E-state index contributed by atoms with van der Waals surface area (Å²) in [6, 6.07) is 10.1. The fraction of sp³-hybridized carbons (Fsp3) is 0.500. The fourth-order valence-corrected chi connectivity index (χ4v) is 5.87. The van der Waals surface area contributed by atoms with Crippen LogP contribution in [0, 0.1) is 0 Å². The maximum absolute atomic E-state index is 13.3. The Labute approximate surface area is 270 Å². The molecule has 3 aliphatic rings. The van der Waals surface area contributed by atoms with Crippen molar-refractivity contribution in [1.29, 1.82) is 0 Å². The number of β-amino-alcohol motifs (C(OH)–C–C–N with tert-alkyl or cyclic N) is 1. The van der Waals surface area contributed by atoms with Crippen LogP contribution in [0.25, 0.3) is 0 Å². The number of nitrogens with zero attached hydrogens (tertiary/aromatic N) is 5. The highest BCUT2D eigenvalue weighted by Gasteiger charge is 2.24. The molecule has 0 spiro atoms. The normalized spacial score (nSPS) is 17.5. The van der Waals surface area contributed by atoms with E-state index in [4.69, 9.17) is 14.1 Å². The van der Waals surface area contributed by atoms with E-state index in [2.05, 4.69) is 37.6 Å². The Morgan fingerprint density at radius 1 is 1.11 bits per heavy atom. The fourth-order valence-electron chi connectivity index (χ4n) is 5.87. The zero-order chi connectivity index (χ0) is 30.5. The number of carbonyl (C=O) groups is 2. The van der Waals surface area contributed by atoms with Crippen molar-refractivity contribution < 1.29 is 23.8 Å². The number of aromatic nitrogens is 2. The maximum Gasteiger partial charge on any atom is 0.251 e. The molecule has 3 N–H and O–H groups in total. The molecule has 1 saturated carbocycles. The molecular weight excluding hydrogens is 594 g/mol. The predicted molar refractivity (Wildman–Crippen MR) is 175 cm³/mol. The van der Waals surface area contributed by atoms with Crippen LogP contribution in [0.1, 0.15) is 53.4 Å². The number of hydrogen-bond donors (Lipinski definition) is 3. The largest absolute Gasteiger partial charge is 0.486 e. The van der Waals surface area contributed by atoms with Crippen LogP contribution in [0.5, 0.6) is 5.75 Å². The van der Waals surface area contributed by atoms with E-state index in [1.165, 1.54) is 23.9 Å². The Morgan fingerprint density at radius 2 is 1.93 bits per heavy atom. The number of benzene rings is 1. The number of aliphatic hydroxyl groups excluding tert-OH is 1. The number of fused-ring (bicyclic) bond motifs is 1. The molecule has 13 heteroatoms. The molecule has 0 unspecified atom stereocenters. The van der Waals surface area contributed by atoms with E-state index in [1.54, 1.807) is 19.2 Å². The Bertz CT molecular complexity index is 1440. The van der Waals surface area contributed by atoms with E-state index < -0.39 is 6.10 Å². The van der Waals surface area contributed by atoms with E-state index in [0.29, 0.717) is 62.5 Å². The summed E-state index contributed by atoms with van der Waals surface area (Å²) in [6.07, 6.45) is 6.56. The SMILES string of the molecule is CC(=O)N1CCN(c2cc(C(=O)NC[C@H](O)CN3CCc4cc(OCc5cnco5)ccc4C3)cc(NC3CCC3)n2)CC1.S. The molecule has 0 radical (unpaired) electrons. The third-order valence-electron chi connectivity index (χ3n) is 8.68. The molecule has 242 valence electrons. The van der Waals surface area contributed by atoms with Crippen LogP contribution in [-0.4, -0.2) is 94.6 Å². The van der Waals surface area contributed by atoms with Gasteiger partial charge in [-0.25, -0.2) is 9.97 Å². The number of rotatable bonds is 11. The molecule has 2 amide bonds. The van der Waals surface area contributed by atoms with Crippen LogP contribution in [0.4, 0.5) is 11.6 Å². The van der Waals surface area contributed by atoms with Gasteiger partial charge in [-0.15, -0.1) is 0 Å². The Kier molecular flexibility index (Phi) is 10.8. The highest BCUT2D eigenvalue weighted by molar-refractivity contribution is 7.59. The van der Waals surface area contributed by atoms with Gasteiger partial charge in [0.25, 0.3) is 5.91 Å². The highest BCUT2D eigenvalue weighted by Crippen LogP contribution is 2.27. The average Bonchev–Trinajstić information content (AvgIpc) is 3.54. The zero-order valence-corrected chi connectivity index (χ0v) is 26.7. The molecular formula is C32H43N7O5S. The molecule has 4 heterocycles. The lowest BCUT2D eigenvalue weighted by Gasteiger charge is -2.35. The number of hydrogen-bond acceptors (Lipinski definition) is 10. The number of amides is 2. The number of anilines is 2. The summed E-state index contributed by atoms with van der Waals surface area (Å²) < 4.78 is 11.1. The van der Waals surface area contributed by atoms with Crippen LogP contribution < -0.4 is 20.3 Å². The summed E-state index contributed by atoms with van der Waals surface area (Å²) in [5.41, 5.74) is 2.95. The molecule has 2 fully saturated rings. The van der Waals surface area contributed by atoms with Gasteiger partial charge in [0.15, 0.2) is 12.2 Å². The molecule has 1 saturated heterocycles. The smallest absolute Gasteiger partial charge is 0.251 e. The number of ether oxygens (including phenoxy) is 1. The number of pyridine rings is 1. The van der Waals surface area contributed by atoms with Gasteiger partial charge < -0.3 is 34.7 Å². The third kappa shape index (κ3) is 8.47. The minimum absolute atomic E-state index is 0. The third-order valence-corrected chi connectivity index (χ3v) is 8.68. The summed E-state index contributed by atoms with van der Waals surface area (Å²) >= 11 is 0. The summed E-state index contributed by atoms with van der Waals surface area (Å²) in [5.74, 6) is 2.71. The molecule has 1 aromatic carbocycles. The first-order valence-electron chi connectivity index (χ1n) is 15.5. The second-order valence-corrected chi connectivity index (χ2v) is 11.9. The van der Waals surface area contributed by atoms with Gasteiger partial charge in [-0.05, 0) is 61.1 Å². The molecule has 45 heavy (non-hydrogen) atoms. The number of oxazole rings is 1. The van der Waals surface area contributed by atoms with Crippen molar-refractivity contribution in [2.45, 2.75) is 57.9 Å². The lowest BCUT2D eigenvalue weighted by Crippen LogP contribution is -2.48. The second kappa shape index (κ2) is 15.0. The van der Waals surface area contributed by atoms with Gasteiger partial charge in [-0.3, -0.25) is 14.5 Å². The van der Waals surface area contributed by atoms with Gasteiger partial charge in [0.2, 0.25) is 5.91 Å². The number of aliphatic hydroxyl groups is 1. The second-order valence-electron chi connectivity index (χ2n) is 11.9. The van der Waals surface area contributed by atoms with Crippen LogP contribution in [-0.2, 0) is 24.4 Å². The van der Waals surface area contributed by atoms with Crippen LogP contribution in [0.15, 0.2) is 47.3 Å². The average molecular weight is 638 g/mol. The summed E-state index contributed by atoms with van der Waals surface area (Å²) in [4.78, 5) is 39.9. The topological polar surface area (TPSA) is 136 Å². The van der Waals surface area contributed by atoms with Crippen LogP contribution in [0.2, 0.25) is 0 Å². The summed E-state index contributed by atoms with van der Waals surface area (Å²) in [7, 11) is 0. The van der Waals surface area contributed by atoms with Gasteiger partial charge in [-0.2, -0.15) is 13.5 Å². The predicted octanol–water partition coefficient (Wildman–Crippen LogP) is 2.54. The van der Waals surface area contributed by atoms with Crippen LogP contribution in [0.3, 0.4) is 0 Å². The Hall–Kier alpha value is -3.81. The van der Waals surface area contributed by atoms with E-state index in [0.717, 1.165) is 43.9 Å². The molecule has 2 aromatic heterocycles. The zero-order valence-electron chi connectivity index (χ0n) is 25.7. The van der Waals surface area contributed by atoms with Crippen molar-refractivity contribution in [2.75, 3.05) is 56.0 Å². The first-order chi connectivity index (χ1) is 21.4. The standard InChI is InChI=1S/C32H41N7O5.H2S/c1-22(40)38-9-11-39(12-10-38)31-15-25(14-30(36-31)35-26-3-2-4-26)32(42)34-16-27(41)19-37-8-7-23-13-28(6-5-24(23)18-37)43-20-29-17-33-21-44-29;/h5-6,13-15,17,21,26-27,41H,2-4,7-12,16,18-20H2,1H3,(H,34,42)(H,35,36);1H2/t27-;/m0./s1. The van der Waals surface area contributed by atoms with Gasteiger partial charge >= 0.3 is 0 Å². The minimum Gasteiger partial charge on any atom is -0.486 e. The highest BCUT2D eigenvalue weighted by atomic mass is 32.1. The minimum atomic E-state index is -0.710. The van der Waals surface area contributed by atoms with Gasteiger partial charge in [0.05, 0.1) is 12.3 Å². The van der Waals surface area contributed by atoms with Crippen molar-refractivity contribution in [1.82, 2.24) is 25.1 Å². The van der Waals surface area contributed by atoms with Crippen molar-refractivity contribution in [2.24, 2.45) is 0 Å². The molecule has 2 aliphatic heterocycles. The first-order valence-corrected chi connectivity index (χ1v) is 15.5. The van der Waals surface area contributed by atoms with E-state index in [-0.39, 0.29) is 31.9 Å². The summed E-state index contributed by atoms with van der Waals surface area (Å²) in [6.45, 7) is 6.65. The van der Waals surface area contributed by atoms with Crippen molar-refractivity contribution in [3.8, 4) is 5.75 Å². The lowest BCUT2D eigenvalue weighted by molar-refractivity contribution is -0.129. The first kappa shape index (κ1) is 32.6. The number of carbonyl (C=O) groups excluding carboxylic acids is 2. The lowest BCUT2D eigenvalue weighted by atomic mass is 9.93. The number of nitrogens with one attached hydrogen (secondary N) is 2. The van der Waals surface area contributed by atoms with Gasteiger partial charge in [0.1, 0.15) is 24.0 Å². The van der Waals surface area contributed by atoms with Crippen molar-refractivity contribution >= 4 is 36.9 Å². The van der Waals surface area contributed by atoms with Gasteiger partial charge in [0, 0.05) is 70.9 Å². The molecule has 0 bridgehead atoms. The van der Waals surface area contributed by atoms with E-state index in [1.807, 2.05) is 17.0 Å². The molecule has 3 aromatic rings. The van der Waals surface area contributed by atoms with Crippen LogP contribution >= 0.6 is 13.5 Å². The van der Waals surface area contributed by atoms with E-state index >= 15 is 0 Å². The monoisotopic (exact) mass is 637 g/mol. The quantitative estimate of drug-likeness (QED) is 0.288. The Morgan fingerprint density at radius 3 is 2.64 bits per heavy atom. The van der Waals surface area contributed by atoms with Gasteiger partial charge in [-0.1, -0.05) is 6.07 Å². The molecule has 6 rings (SSSR count). The number of piperazine rings is 1.